The Morgan fingerprint density at radius 3 is 2.65 bits per heavy atom. The molecule has 5 nitrogen and oxygen atoms in total. The molecule has 0 radical (unpaired) electrons. The molecular formula is C14H16N2O3S. The molecule has 1 aliphatic rings. The molecule has 0 spiro atoms. The highest BCUT2D eigenvalue weighted by Gasteiger charge is 2.29. The highest BCUT2D eigenvalue weighted by molar-refractivity contribution is 7.80. The number of methoxy groups -OCH3 is 2. The van der Waals surface area contributed by atoms with Gasteiger partial charge in [0.15, 0.2) is 16.6 Å². The molecule has 1 aliphatic heterocycles. The Morgan fingerprint density at radius 2 is 2.10 bits per heavy atom. The summed E-state index contributed by atoms with van der Waals surface area (Å²) < 4.78 is 10.6. The summed E-state index contributed by atoms with van der Waals surface area (Å²) in [5, 5.41) is 3.34. The van der Waals surface area contributed by atoms with Gasteiger partial charge in [0.2, 0.25) is 0 Å². The average molecular weight is 292 g/mol. The summed E-state index contributed by atoms with van der Waals surface area (Å²) in [6.45, 7) is 2.41. The van der Waals surface area contributed by atoms with Crippen molar-refractivity contribution in [3.05, 3.63) is 29.5 Å². The SMILES string of the molecule is CCN1C(=O)/C(=C\c2cccc(OC)c2OC)NC1=S. The molecule has 1 aromatic rings. The van der Waals surface area contributed by atoms with Crippen molar-refractivity contribution in [2.45, 2.75) is 6.92 Å². The molecule has 0 aromatic heterocycles. The standard InChI is InChI=1S/C14H16N2O3S/c1-4-16-13(17)10(15-14(16)20)8-9-6-5-7-11(18-2)12(9)19-3/h5-8H,4H2,1-3H3,(H,15,20)/b10-8+. The van der Waals surface area contributed by atoms with Gasteiger partial charge in [-0.3, -0.25) is 9.69 Å². The van der Waals surface area contributed by atoms with Crippen LogP contribution in [0.2, 0.25) is 0 Å². The Hall–Kier alpha value is -2.08. The van der Waals surface area contributed by atoms with Crippen molar-refractivity contribution >= 4 is 29.3 Å². The van der Waals surface area contributed by atoms with Crippen LogP contribution in [-0.2, 0) is 4.79 Å². The van der Waals surface area contributed by atoms with Crippen LogP contribution >= 0.6 is 12.2 Å². The second-order valence-corrected chi connectivity index (χ2v) is 4.51. The van der Waals surface area contributed by atoms with Crippen LogP contribution in [0.15, 0.2) is 23.9 Å². The Labute approximate surface area is 123 Å². The Kier molecular flexibility index (Phi) is 4.24. The third kappa shape index (κ3) is 2.46. The van der Waals surface area contributed by atoms with Gasteiger partial charge in [0.25, 0.3) is 5.91 Å². The van der Waals surface area contributed by atoms with Gasteiger partial charge in [-0.15, -0.1) is 0 Å². The van der Waals surface area contributed by atoms with Crippen LogP contribution in [0.5, 0.6) is 11.5 Å². The molecule has 1 fully saturated rings. The predicted octanol–water partition coefficient (Wildman–Crippen LogP) is 1.78. The quantitative estimate of drug-likeness (QED) is 0.677. The fourth-order valence-corrected chi connectivity index (χ4v) is 2.36. The van der Waals surface area contributed by atoms with Crippen LogP contribution in [0.25, 0.3) is 6.08 Å². The molecule has 0 bridgehead atoms. The number of nitrogens with zero attached hydrogens (tertiary/aromatic N) is 1. The number of amides is 1. The second kappa shape index (κ2) is 5.92. The van der Waals surface area contributed by atoms with E-state index < -0.39 is 0 Å². The fourth-order valence-electron chi connectivity index (χ4n) is 2.04. The average Bonchev–Trinajstić information content (AvgIpc) is 2.72. The summed E-state index contributed by atoms with van der Waals surface area (Å²) in [5.41, 5.74) is 1.19. The Bertz CT molecular complexity index is 584. The van der Waals surface area contributed by atoms with Gasteiger partial charge in [0.1, 0.15) is 5.70 Å². The second-order valence-electron chi connectivity index (χ2n) is 4.12. The summed E-state index contributed by atoms with van der Waals surface area (Å²) in [5.74, 6) is 1.06. The minimum atomic E-state index is -0.137. The number of rotatable bonds is 4. The van der Waals surface area contributed by atoms with Crippen LogP contribution in [0.3, 0.4) is 0 Å². The van der Waals surface area contributed by atoms with E-state index in [2.05, 4.69) is 5.32 Å². The fraction of sp³-hybridized carbons (Fsp3) is 0.286. The number of para-hydroxylation sites is 1. The van der Waals surface area contributed by atoms with Crippen LogP contribution in [0.4, 0.5) is 0 Å². The zero-order valence-electron chi connectivity index (χ0n) is 11.6. The van der Waals surface area contributed by atoms with Crippen LogP contribution in [0.1, 0.15) is 12.5 Å². The lowest BCUT2D eigenvalue weighted by Gasteiger charge is -2.10. The van der Waals surface area contributed by atoms with Crippen molar-refractivity contribution in [3.63, 3.8) is 0 Å². The van der Waals surface area contributed by atoms with Gasteiger partial charge in [0.05, 0.1) is 14.2 Å². The summed E-state index contributed by atoms with van der Waals surface area (Å²) in [6, 6.07) is 5.48. The minimum Gasteiger partial charge on any atom is -0.493 e. The molecule has 0 atom stereocenters. The first-order valence-electron chi connectivity index (χ1n) is 6.17. The zero-order chi connectivity index (χ0) is 14.7. The van der Waals surface area contributed by atoms with E-state index in [0.717, 1.165) is 5.56 Å². The summed E-state index contributed by atoms with van der Waals surface area (Å²) >= 11 is 5.12. The monoisotopic (exact) mass is 292 g/mol. The first-order valence-corrected chi connectivity index (χ1v) is 6.58. The molecule has 0 unspecified atom stereocenters. The van der Waals surface area contributed by atoms with Crippen molar-refractivity contribution in [2.75, 3.05) is 20.8 Å². The zero-order valence-corrected chi connectivity index (χ0v) is 12.4. The number of carbonyl (C=O) groups excluding carboxylic acids is 1. The van der Waals surface area contributed by atoms with Gasteiger partial charge in [-0.1, -0.05) is 12.1 Å². The molecule has 2 rings (SSSR count). The van der Waals surface area contributed by atoms with Crippen molar-refractivity contribution in [1.82, 2.24) is 10.2 Å². The number of benzene rings is 1. The molecule has 1 N–H and O–H groups in total. The Morgan fingerprint density at radius 1 is 1.35 bits per heavy atom. The van der Waals surface area contributed by atoms with Crippen molar-refractivity contribution in [1.29, 1.82) is 0 Å². The number of hydrogen-bond donors (Lipinski definition) is 1. The Balaban J connectivity index is 2.42. The maximum atomic E-state index is 12.1. The normalized spacial score (nSPS) is 16.6. The molecule has 6 heteroatoms. The van der Waals surface area contributed by atoms with Crippen LogP contribution in [0, 0.1) is 0 Å². The molecule has 106 valence electrons. The molecule has 0 aliphatic carbocycles. The van der Waals surface area contributed by atoms with E-state index in [1.165, 1.54) is 4.90 Å². The lowest BCUT2D eigenvalue weighted by molar-refractivity contribution is -0.122. The lowest BCUT2D eigenvalue weighted by atomic mass is 10.1. The summed E-state index contributed by atoms with van der Waals surface area (Å²) in [6.07, 6.45) is 1.71. The van der Waals surface area contributed by atoms with E-state index in [1.807, 2.05) is 19.1 Å². The third-order valence-electron chi connectivity index (χ3n) is 3.01. The van der Waals surface area contributed by atoms with E-state index in [1.54, 1.807) is 26.4 Å². The van der Waals surface area contributed by atoms with Gasteiger partial charge in [-0.05, 0) is 31.3 Å². The van der Waals surface area contributed by atoms with Crippen molar-refractivity contribution < 1.29 is 14.3 Å². The first-order chi connectivity index (χ1) is 9.62. The molecule has 20 heavy (non-hydrogen) atoms. The van der Waals surface area contributed by atoms with E-state index in [9.17, 15) is 4.79 Å². The van der Waals surface area contributed by atoms with Gasteiger partial charge in [-0.25, -0.2) is 0 Å². The largest absolute Gasteiger partial charge is 0.493 e. The van der Waals surface area contributed by atoms with Crippen molar-refractivity contribution in [3.8, 4) is 11.5 Å². The van der Waals surface area contributed by atoms with Crippen LogP contribution < -0.4 is 14.8 Å². The number of thiocarbonyl (C=S) groups is 1. The van der Waals surface area contributed by atoms with Crippen molar-refractivity contribution in [2.24, 2.45) is 0 Å². The van der Waals surface area contributed by atoms with E-state index >= 15 is 0 Å². The number of likely N-dealkylation sites (N-methyl/N-ethyl adjacent to an activating group) is 1. The van der Waals surface area contributed by atoms with Gasteiger partial charge in [-0.2, -0.15) is 0 Å². The third-order valence-corrected chi connectivity index (χ3v) is 3.33. The maximum absolute atomic E-state index is 12.1. The number of carbonyl (C=O) groups is 1. The van der Waals surface area contributed by atoms with E-state index in [4.69, 9.17) is 21.7 Å². The number of nitrogens with one attached hydrogen (secondary N) is 1. The minimum absolute atomic E-state index is 0.137. The predicted molar refractivity (Wildman–Crippen MR) is 80.6 cm³/mol. The van der Waals surface area contributed by atoms with E-state index in [-0.39, 0.29) is 5.91 Å². The van der Waals surface area contributed by atoms with Gasteiger partial charge >= 0.3 is 0 Å². The van der Waals surface area contributed by atoms with Crippen LogP contribution in [-0.4, -0.2) is 36.7 Å². The van der Waals surface area contributed by atoms with Gasteiger partial charge in [0, 0.05) is 12.1 Å². The topological polar surface area (TPSA) is 50.8 Å². The number of hydrogen-bond acceptors (Lipinski definition) is 4. The smallest absolute Gasteiger partial charge is 0.276 e. The molecule has 1 aromatic carbocycles. The maximum Gasteiger partial charge on any atom is 0.276 e. The lowest BCUT2D eigenvalue weighted by Crippen LogP contribution is -2.30. The summed E-state index contributed by atoms with van der Waals surface area (Å²) in [4.78, 5) is 13.6. The molecular weight excluding hydrogens is 276 g/mol. The molecule has 1 heterocycles. The number of ether oxygens (including phenoxy) is 2. The highest BCUT2D eigenvalue weighted by Crippen LogP contribution is 2.32. The van der Waals surface area contributed by atoms with E-state index in [0.29, 0.717) is 28.9 Å². The highest BCUT2D eigenvalue weighted by atomic mass is 32.1. The molecule has 0 saturated carbocycles. The molecule has 1 saturated heterocycles. The first kappa shape index (κ1) is 14.3. The summed E-state index contributed by atoms with van der Waals surface area (Å²) in [7, 11) is 3.13. The molecule has 1 amide bonds. The van der Waals surface area contributed by atoms with Gasteiger partial charge < -0.3 is 14.8 Å².